The third-order valence-corrected chi connectivity index (χ3v) is 3.64. The fourth-order valence-electron chi connectivity index (χ4n) is 2.57. The van der Waals surface area contributed by atoms with E-state index in [0.717, 1.165) is 6.42 Å². The van der Waals surface area contributed by atoms with E-state index < -0.39 is 0 Å². The fourth-order valence-corrected chi connectivity index (χ4v) is 2.67. The van der Waals surface area contributed by atoms with Gasteiger partial charge < -0.3 is 4.74 Å². The number of rotatable bonds is 4. The SMILES string of the molecule is CC(C)[C@@H]1CC[C@@H](C)C[C@H]1OCC(=O)N=C=S. The van der Waals surface area contributed by atoms with Gasteiger partial charge in [-0.25, -0.2) is 0 Å². The van der Waals surface area contributed by atoms with Crippen LogP contribution in [0.15, 0.2) is 4.99 Å². The van der Waals surface area contributed by atoms with Crippen LogP contribution in [-0.4, -0.2) is 23.8 Å². The van der Waals surface area contributed by atoms with Crippen LogP contribution in [0.3, 0.4) is 0 Å². The van der Waals surface area contributed by atoms with Crippen molar-refractivity contribution in [3.8, 4) is 0 Å². The highest BCUT2D eigenvalue weighted by Crippen LogP contribution is 2.35. The van der Waals surface area contributed by atoms with E-state index in [1.54, 1.807) is 0 Å². The van der Waals surface area contributed by atoms with E-state index >= 15 is 0 Å². The van der Waals surface area contributed by atoms with Gasteiger partial charge in [0.25, 0.3) is 5.91 Å². The second-order valence-electron chi connectivity index (χ2n) is 5.27. The smallest absolute Gasteiger partial charge is 0.280 e. The first-order valence-electron chi connectivity index (χ1n) is 6.27. The van der Waals surface area contributed by atoms with Gasteiger partial charge in [0.1, 0.15) is 6.61 Å². The predicted molar refractivity (Wildman–Crippen MR) is 71.1 cm³/mol. The lowest BCUT2D eigenvalue weighted by Crippen LogP contribution is -2.35. The molecule has 1 fully saturated rings. The van der Waals surface area contributed by atoms with Crippen molar-refractivity contribution in [1.29, 1.82) is 0 Å². The van der Waals surface area contributed by atoms with E-state index in [1.807, 2.05) is 0 Å². The summed E-state index contributed by atoms with van der Waals surface area (Å²) in [5.41, 5.74) is 0. The molecule has 0 aromatic carbocycles. The van der Waals surface area contributed by atoms with Gasteiger partial charge in [0.15, 0.2) is 0 Å². The second kappa shape index (κ2) is 7.00. The average Bonchev–Trinajstić information content (AvgIpc) is 2.26. The van der Waals surface area contributed by atoms with Crippen LogP contribution in [0.4, 0.5) is 0 Å². The van der Waals surface area contributed by atoms with Crippen molar-refractivity contribution < 1.29 is 9.53 Å². The third kappa shape index (κ3) is 4.66. The number of isothiocyanates is 1. The minimum absolute atomic E-state index is 0.0320. The lowest BCUT2D eigenvalue weighted by Gasteiger charge is -2.36. The molecular formula is C13H21NO2S. The van der Waals surface area contributed by atoms with Gasteiger partial charge in [-0.05, 0) is 42.8 Å². The first-order valence-corrected chi connectivity index (χ1v) is 6.67. The van der Waals surface area contributed by atoms with Crippen molar-refractivity contribution in [3.63, 3.8) is 0 Å². The molecular weight excluding hydrogens is 234 g/mol. The van der Waals surface area contributed by atoms with E-state index in [-0.39, 0.29) is 18.6 Å². The normalized spacial score (nSPS) is 28.8. The van der Waals surface area contributed by atoms with Crippen molar-refractivity contribution in [2.45, 2.75) is 46.1 Å². The predicted octanol–water partition coefficient (Wildman–Crippen LogP) is 3.09. The number of carbonyl (C=O) groups is 1. The van der Waals surface area contributed by atoms with Crippen molar-refractivity contribution in [2.24, 2.45) is 22.7 Å². The molecule has 0 aliphatic heterocycles. The maximum absolute atomic E-state index is 11.2. The van der Waals surface area contributed by atoms with Crippen molar-refractivity contribution in [3.05, 3.63) is 0 Å². The molecule has 0 N–H and O–H groups in total. The van der Waals surface area contributed by atoms with Crippen LogP contribution in [0.5, 0.6) is 0 Å². The molecule has 1 aliphatic rings. The molecule has 96 valence electrons. The topological polar surface area (TPSA) is 38.7 Å². The van der Waals surface area contributed by atoms with Crippen molar-refractivity contribution >= 4 is 23.3 Å². The van der Waals surface area contributed by atoms with Crippen molar-refractivity contribution in [2.75, 3.05) is 6.61 Å². The molecule has 0 radical (unpaired) electrons. The van der Waals surface area contributed by atoms with E-state index in [2.05, 4.69) is 43.1 Å². The number of aliphatic imine (C=N–C) groups is 1. The number of nitrogens with zero attached hydrogens (tertiary/aromatic N) is 1. The molecule has 0 unspecified atom stereocenters. The summed E-state index contributed by atoms with van der Waals surface area (Å²) in [4.78, 5) is 14.6. The standard InChI is InChI=1S/C13H21NO2S/c1-9(2)11-5-4-10(3)6-12(11)16-7-13(15)14-8-17/h9-12H,4-7H2,1-3H3/t10-,11+,12-/m1/s1. The Hall–Kier alpha value is -0.570. The summed E-state index contributed by atoms with van der Waals surface area (Å²) in [6.45, 7) is 6.70. The Balaban J connectivity index is 2.51. The molecule has 0 heterocycles. The minimum Gasteiger partial charge on any atom is -0.368 e. The minimum atomic E-state index is -0.333. The van der Waals surface area contributed by atoms with E-state index in [0.29, 0.717) is 17.8 Å². The first-order chi connectivity index (χ1) is 8.04. The maximum Gasteiger partial charge on any atom is 0.280 e. The number of ether oxygens (including phenoxy) is 1. The molecule has 1 rings (SSSR count). The average molecular weight is 255 g/mol. The number of hydrogen-bond acceptors (Lipinski definition) is 3. The molecule has 1 aliphatic carbocycles. The molecule has 1 amide bonds. The van der Waals surface area contributed by atoms with Crippen LogP contribution in [0.2, 0.25) is 0 Å². The highest BCUT2D eigenvalue weighted by Gasteiger charge is 2.31. The van der Waals surface area contributed by atoms with Crippen LogP contribution in [0.25, 0.3) is 0 Å². The van der Waals surface area contributed by atoms with Crippen LogP contribution in [-0.2, 0) is 9.53 Å². The van der Waals surface area contributed by atoms with Crippen LogP contribution >= 0.6 is 12.2 Å². The van der Waals surface area contributed by atoms with Gasteiger partial charge in [0, 0.05) is 0 Å². The van der Waals surface area contributed by atoms with Gasteiger partial charge in [-0.1, -0.05) is 27.2 Å². The lowest BCUT2D eigenvalue weighted by molar-refractivity contribution is -0.127. The second-order valence-corrected chi connectivity index (χ2v) is 5.45. The summed E-state index contributed by atoms with van der Waals surface area (Å²) < 4.78 is 5.71. The molecule has 1 saturated carbocycles. The highest BCUT2D eigenvalue weighted by molar-refractivity contribution is 7.78. The van der Waals surface area contributed by atoms with Gasteiger partial charge in [0.2, 0.25) is 0 Å². The summed E-state index contributed by atoms with van der Waals surface area (Å²) in [6, 6.07) is 0. The van der Waals surface area contributed by atoms with E-state index in [9.17, 15) is 4.79 Å². The fraction of sp³-hybridized carbons (Fsp3) is 0.846. The van der Waals surface area contributed by atoms with Crippen LogP contribution in [0, 0.1) is 17.8 Å². The Morgan fingerprint density at radius 1 is 1.53 bits per heavy atom. The van der Waals surface area contributed by atoms with Gasteiger partial charge in [-0.3, -0.25) is 4.79 Å². The zero-order valence-electron chi connectivity index (χ0n) is 10.8. The molecule has 0 spiro atoms. The zero-order chi connectivity index (χ0) is 12.8. The third-order valence-electron chi connectivity index (χ3n) is 3.55. The Morgan fingerprint density at radius 3 is 2.82 bits per heavy atom. The molecule has 0 saturated heterocycles. The monoisotopic (exact) mass is 255 g/mol. The van der Waals surface area contributed by atoms with Crippen LogP contribution < -0.4 is 0 Å². The molecule has 0 aromatic rings. The summed E-state index contributed by atoms with van der Waals surface area (Å²) >= 11 is 4.39. The first kappa shape index (κ1) is 14.5. The largest absolute Gasteiger partial charge is 0.368 e. The van der Waals surface area contributed by atoms with Gasteiger partial charge >= 0.3 is 0 Å². The summed E-state index contributed by atoms with van der Waals surface area (Å²) in [7, 11) is 0. The summed E-state index contributed by atoms with van der Waals surface area (Å²) in [5.74, 6) is 1.49. The van der Waals surface area contributed by atoms with E-state index in [4.69, 9.17) is 4.74 Å². The molecule has 3 atom stereocenters. The van der Waals surface area contributed by atoms with E-state index in [1.165, 1.54) is 12.8 Å². The van der Waals surface area contributed by atoms with Gasteiger partial charge in [-0.2, -0.15) is 4.99 Å². The molecule has 0 aromatic heterocycles. The molecule has 17 heavy (non-hydrogen) atoms. The highest BCUT2D eigenvalue weighted by atomic mass is 32.1. The quantitative estimate of drug-likeness (QED) is 0.572. The lowest BCUT2D eigenvalue weighted by atomic mass is 9.75. The Bertz CT molecular complexity index is 311. The molecule has 4 heteroatoms. The number of amides is 1. The maximum atomic E-state index is 11.2. The zero-order valence-corrected chi connectivity index (χ0v) is 11.6. The number of hydrogen-bond donors (Lipinski definition) is 0. The van der Waals surface area contributed by atoms with Crippen LogP contribution in [0.1, 0.15) is 40.0 Å². The Kier molecular flexibility index (Phi) is 5.96. The number of thiocarbonyl (C=S) groups is 1. The Labute approximate surface area is 109 Å². The van der Waals surface area contributed by atoms with Gasteiger partial charge in [0.05, 0.1) is 11.3 Å². The van der Waals surface area contributed by atoms with Gasteiger partial charge in [-0.15, -0.1) is 0 Å². The number of carbonyl (C=O) groups excluding carboxylic acids is 1. The summed E-state index contributed by atoms with van der Waals surface area (Å²) in [6.07, 6.45) is 3.67. The summed E-state index contributed by atoms with van der Waals surface area (Å²) in [5, 5.41) is 2.08. The molecule has 3 nitrogen and oxygen atoms in total. The molecule has 0 bridgehead atoms. The van der Waals surface area contributed by atoms with Crippen molar-refractivity contribution in [1.82, 2.24) is 0 Å². The Morgan fingerprint density at radius 2 is 2.24 bits per heavy atom.